The van der Waals surface area contributed by atoms with Gasteiger partial charge in [0.05, 0.1) is 0 Å². The first-order valence-electron chi connectivity index (χ1n) is 0.859. The molecule has 0 rings (SSSR count). The van der Waals surface area contributed by atoms with Crippen LogP contribution in [-0.2, 0) is 44.5 Å². The Morgan fingerprint density at radius 3 is 1.67 bits per heavy atom. The average molecular weight is 207 g/mol. The third-order valence-electron chi connectivity index (χ3n) is 0.101. The summed E-state index contributed by atoms with van der Waals surface area (Å²) in [4.78, 5) is 0. The van der Waals surface area contributed by atoms with Gasteiger partial charge in [0.25, 0.3) is 0 Å². The first kappa shape index (κ1) is 7.19. The van der Waals surface area contributed by atoms with Crippen molar-refractivity contribution in [1.82, 2.24) is 0 Å². The molecule has 0 amide bonds. The Morgan fingerprint density at radius 2 is 1.67 bits per heavy atom. The Hall–Kier alpha value is 1.19. The molecule has 0 fully saturated rings. The van der Waals surface area contributed by atoms with E-state index in [-0.39, 0.29) is 0 Å². The molecule has 0 aromatic heterocycles. The summed E-state index contributed by atoms with van der Waals surface area (Å²) >= 11 is 7.88. The van der Waals surface area contributed by atoms with Gasteiger partial charge in [0, 0.05) is 0 Å². The zero-order valence-electron chi connectivity index (χ0n) is 2.33. The summed E-state index contributed by atoms with van der Waals surface area (Å²) < 4.78 is 17.1. The summed E-state index contributed by atoms with van der Waals surface area (Å²) in [6, 6.07) is 0. The fraction of sp³-hybridized carbons (Fsp3) is 0. The van der Waals surface area contributed by atoms with Crippen molar-refractivity contribution in [2.45, 2.75) is 0 Å². The molecule has 6 heteroatoms. The van der Waals surface area contributed by atoms with Crippen molar-refractivity contribution >= 4 is 8.25 Å². The van der Waals surface area contributed by atoms with Gasteiger partial charge in [0.1, 0.15) is 0 Å². The number of hydrogen-bond donors (Lipinski definition) is 0. The van der Waals surface area contributed by atoms with E-state index < -0.39 is 8.25 Å². The van der Waals surface area contributed by atoms with Gasteiger partial charge in [-0.05, 0) is 0 Å². The molecule has 0 atom stereocenters. The summed E-state index contributed by atoms with van der Waals surface area (Å²) in [7, 11) is -2.51. The maximum atomic E-state index is 9.70. The van der Waals surface area contributed by atoms with Gasteiger partial charge in [-0.25, -0.2) is 0 Å². The Labute approximate surface area is 53.0 Å². The first-order valence-corrected chi connectivity index (χ1v) is 2.85. The number of hydrogen-bond acceptors (Lipinski definition) is 3. The van der Waals surface area contributed by atoms with Crippen molar-refractivity contribution in [3.8, 4) is 0 Å². The SMILES string of the molecule is O=[PH]([O][Cu])[O][Cu]. The molecule has 0 aliphatic carbocycles. The van der Waals surface area contributed by atoms with Crippen molar-refractivity contribution in [2.75, 3.05) is 0 Å². The standard InChI is InChI=1S/2Cu.H3O3P/c;;1-4(2)3/h;;4H,(H2,1,2,3)/q2*+1;/p-2. The topological polar surface area (TPSA) is 35.5 Å². The van der Waals surface area contributed by atoms with Crippen LogP contribution in [0.3, 0.4) is 0 Å². The van der Waals surface area contributed by atoms with Crippen LogP contribution in [0.15, 0.2) is 0 Å². The average Bonchev–Trinajstić information content (AvgIpc) is 1.65. The molecule has 0 unspecified atom stereocenters. The summed E-state index contributed by atoms with van der Waals surface area (Å²) in [5.74, 6) is 0. The minimum atomic E-state index is -2.51. The quantitative estimate of drug-likeness (QED) is 0.483. The van der Waals surface area contributed by atoms with Crippen LogP contribution in [0.25, 0.3) is 0 Å². The molecule has 0 bridgehead atoms. The molecule has 0 radical (unpaired) electrons. The summed E-state index contributed by atoms with van der Waals surface area (Å²) in [5.41, 5.74) is 0. The van der Waals surface area contributed by atoms with E-state index in [1.165, 1.54) is 0 Å². The van der Waals surface area contributed by atoms with E-state index in [0.717, 1.165) is 0 Å². The van der Waals surface area contributed by atoms with Crippen molar-refractivity contribution in [1.29, 1.82) is 0 Å². The second-order valence-electron chi connectivity index (χ2n) is 0.373. The molecule has 0 aromatic carbocycles. The molecule has 0 aliphatic heterocycles. The van der Waals surface area contributed by atoms with E-state index in [4.69, 9.17) is 0 Å². The Balaban J connectivity index is 2.99. The molecular formula is HCu2O3P. The fourth-order valence-corrected chi connectivity index (χ4v) is 0.386. The fourth-order valence-electron chi connectivity index (χ4n) is 0.00758. The summed E-state index contributed by atoms with van der Waals surface area (Å²) in [6.07, 6.45) is 0. The van der Waals surface area contributed by atoms with Crippen LogP contribution in [0.1, 0.15) is 0 Å². The summed E-state index contributed by atoms with van der Waals surface area (Å²) in [5, 5.41) is 0. The molecule has 0 saturated carbocycles. The molecule has 46 valence electrons. The second-order valence-corrected chi connectivity index (χ2v) is 2.27. The van der Waals surface area contributed by atoms with Gasteiger partial charge in [0.2, 0.25) is 0 Å². The molecule has 0 saturated heterocycles. The molecule has 0 aromatic rings. The molecular weight excluding hydrogens is 206 g/mol. The van der Waals surface area contributed by atoms with E-state index in [1.807, 2.05) is 0 Å². The van der Waals surface area contributed by atoms with Crippen LogP contribution in [0.4, 0.5) is 0 Å². The van der Waals surface area contributed by atoms with Gasteiger partial charge in [-0.3, -0.25) is 0 Å². The van der Waals surface area contributed by atoms with Crippen molar-refractivity contribution in [2.24, 2.45) is 0 Å². The minimum absolute atomic E-state index is 2.51. The number of rotatable bonds is 2. The molecule has 0 heterocycles. The third-order valence-corrected chi connectivity index (χ3v) is 1.24. The van der Waals surface area contributed by atoms with Crippen molar-refractivity contribution in [3.05, 3.63) is 0 Å². The van der Waals surface area contributed by atoms with Crippen molar-refractivity contribution < 1.29 is 44.5 Å². The Bertz CT molecular complexity index is 46.8. The van der Waals surface area contributed by atoms with Crippen LogP contribution in [-0.4, -0.2) is 0 Å². The zero-order chi connectivity index (χ0) is 4.99. The third kappa shape index (κ3) is 3.38. The van der Waals surface area contributed by atoms with Crippen LogP contribution >= 0.6 is 8.25 Å². The van der Waals surface area contributed by atoms with Crippen LogP contribution in [0, 0.1) is 0 Å². The normalized spacial score (nSPS) is 10.2. The molecule has 6 heavy (non-hydrogen) atoms. The predicted octanol–water partition coefficient (Wildman–Crippen LogP) is 0.333. The zero-order valence-corrected chi connectivity index (χ0v) is 5.21. The Morgan fingerprint density at radius 1 is 1.33 bits per heavy atom. The first-order chi connectivity index (χ1) is 2.81. The van der Waals surface area contributed by atoms with E-state index in [2.05, 4.69) is 39.9 Å². The summed E-state index contributed by atoms with van der Waals surface area (Å²) in [6.45, 7) is 0. The van der Waals surface area contributed by atoms with Gasteiger partial charge in [0.15, 0.2) is 0 Å². The monoisotopic (exact) mass is 206 g/mol. The van der Waals surface area contributed by atoms with Crippen LogP contribution in [0.5, 0.6) is 0 Å². The molecule has 0 N–H and O–H groups in total. The Kier molecular flexibility index (Phi) is 5.21. The van der Waals surface area contributed by atoms with Gasteiger partial charge >= 0.3 is 52.7 Å². The van der Waals surface area contributed by atoms with E-state index in [1.54, 1.807) is 0 Å². The predicted molar refractivity (Wildman–Crippen MR) is 11.2 cm³/mol. The van der Waals surface area contributed by atoms with Gasteiger partial charge in [-0.2, -0.15) is 0 Å². The second kappa shape index (κ2) is 4.35. The molecule has 3 nitrogen and oxygen atoms in total. The van der Waals surface area contributed by atoms with Crippen molar-refractivity contribution in [3.63, 3.8) is 0 Å². The van der Waals surface area contributed by atoms with E-state index in [9.17, 15) is 4.57 Å². The van der Waals surface area contributed by atoms with E-state index in [0.29, 0.717) is 0 Å². The molecule has 0 spiro atoms. The van der Waals surface area contributed by atoms with Gasteiger partial charge in [-0.1, -0.05) is 0 Å². The van der Waals surface area contributed by atoms with Crippen LogP contribution in [0.2, 0.25) is 0 Å². The molecule has 0 aliphatic rings. The van der Waals surface area contributed by atoms with Gasteiger partial charge in [-0.15, -0.1) is 0 Å². The van der Waals surface area contributed by atoms with E-state index >= 15 is 0 Å². The maximum absolute atomic E-state index is 9.70. The van der Waals surface area contributed by atoms with Crippen LogP contribution < -0.4 is 0 Å². The van der Waals surface area contributed by atoms with Gasteiger partial charge < -0.3 is 0 Å².